The maximum atomic E-state index is 11.9. The molecule has 0 saturated heterocycles. The standard InChI is InChI=1S/C10H8BrF3O3/c1-16-9(15)7-4-2-6(3-5-7)8(11)17-10(12,13)14/h2-5,8H,1H3. The van der Waals surface area contributed by atoms with Crippen molar-refractivity contribution in [3.05, 3.63) is 35.4 Å². The molecular weight excluding hydrogens is 305 g/mol. The Kier molecular flexibility index (Phi) is 4.53. The normalized spacial score (nSPS) is 13.2. The summed E-state index contributed by atoms with van der Waals surface area (Å²) in [5, 5.41) is -1.31. The van der Waals surface area contributed by atoms with Gasteiger partial charge in [-0.25, -0.2) is 4.79 Å². The topological polar surface area (TPSA) is 35.5 Å². The summed E-state index contributed by atoms with van der Waals surface area (Å²) in [6.07, 6.45) is -4.73. The van der Waals surface area contributed by atoms with Gasteiger partial charge in [-0.15, -0.1) is 13.2 Å². The molecular formula is C10H8BrF3O3. The predicted molar refractivity (Wildman–Crippen MR) is 56.6 cm³/mol. The summed E-state index contributed by atoms with van der Waals surface area (Å²) in [5.41, 5.74) is 0.498. The molecule has 1 aromatic rings. The summed E-state index contributed by atoms with van der Waals surface area (Å²) in [4.78, 5) is 11.1. The second-order valence-corrected chi connectivity index (χ2v) is 3.82. The van der Waals surface area contributed by atoms with Gasteiger partial charge < -0.3 is 4.74 Å². The Morgan fingerprint density at radius 1 is 1.29 bits per heavy atom. The zero-order valence-corrected chi connectivity index (χ0v) is 10.2. The lowest BCUT2D eigenvalue weighted by Crippen LogP contribution is -2.14. The van der Waals surface area contributed by atoms with Crippen LogP contribution >= 0.6 is 15.9 Å². The lowest BCUT2D eigenvalue weighted by Gasteiger charge is -2.13. The number of ether oxygens (including phenoxy) is 2. The summed E-state index contributed by atoms with van der Waals surface area (Å²) in [7, 11) is 1.22. The first-order valence-corrected chi connectivity index (χ1v) is 5.32. The van der Waals surface area contributed by atoms with Crippen LogP contribution in [0.4, 0.5) is 13.2 Å². The molecule has 94 valence electrons. The van der Waals surface area contributed by atoms with Crippen LogP contribution in [0.5, 0.6) is 0 Å². The number of carbonyl (C=O) groups is 1. The van der Waals surface area contributed by atoms with Crippen LogP contribution in [0.2, 0.25) is 0 Å². The number of methoxy groups -OCH3 is 1. The van der Waals surface area contributed by atoms with Gasteiger partial charge in [-0.05, 0) is 17.7 Å². The Hall–Kier alpha value is -1.08. The van der Waals surface area contributed by atoms with E-state index in [-0.39, 0.29) is 11.1 Å². The quantitative estimate of drug-likeness (QED) is 0.634. The van der Waals surface area contributed by atoms with Crippen molar-refractivity contribution in [2.24, 2.45) is 0 Å². The highest BCUT2D eigenvalue weighted by Crippen LogP contribution is 2.32. The van der Waals surface area contributed by atoms with Gasteiger partial charge in [0.05, 0.1) is 12.7 Å². The molecule has 0 aromatic heterocycles. The molecule has 17 heavy (non-hydrogen) atoms. The predicted octanol–water partition coefficient (Wildman–Crippen LogP) is 3.40. The van der Waals surface area contributed by atoms with Crippen molar-refractivity contribution in [1.82, 2.24) is 0 Å². The van der Waals surface area contributed by atoms with E-state index >= 15 is 0 Å². The highest BCUT2D eigenvalue weighted by molar-refractivity contribution is 9.09. The van der Waals surface area contributed by atoms with Crippen LogP contribution in [0, 0.1) is 0 Å². The monoisotopic (exact) mass is 312 g/mol. The maximum absolute atomic E-state index is 11.9. The van der Waals surface area contributed by atoms with E-state index in [1.54, 1.807) is 0 Å². The van der Waals surface area contributed by atoms with Crippen LogP contribution in [0.1, 0.15) is 20.9 Å². The van der Waals surface area contributed by atoms with Crippen molar-refractivity contribution < 1.29 is 27.4 Å². The van der Waals surface area contributed by atoms with Crippen LogP contribution in [0.15, 0.2) is 24.3 Å². The van der Waals surface area contributed by atoms with Crippen LogP contribution in [-0.2, 0) is 9.47 Å². The molecule has 1 rings (SSSR count). The molecule has 3 nitrogen and oxygen atoms in total. The third-order valence-electron chi connectivity index (χ3n) is 1.83. The Bertz CT molecular complexity index is 389. The van der Waals surface area contributed by atoms with Crippen molar-refractivity contribution >= 4 is 21.9 Å². The molecule has 0 heterocycles. The number of hydrogen-bond donors (Lipinski definition) is 0. The maximum Gasteiger partial charge on any atom is 0.523 e. The fourth-order valence-corrected chi connectivity index (χ4v) is 1.59. The van der Waals surface area contributed by atoms with Gasteiger partial charge in [-0.2, -0.15) is 0 Å². The number of benzene rings is 1. The van der Waals surface area contributed by atoms with Gasteiger partial charge in [0.25, 0.3) is 0 Å². The smallest absolute Gasteiger partial charge is 0.465 e. The van der Waals surface area contributed by atoms with Crippen molar-refractivity contribution in [3.63, 3.8) is 0 Å². The summed E-state index contributed by atoms with van der Waals surface area (Å²) in [6, 6.07) is 5.40. The van der Waals surface area contributed by atoms with Gasteiger partial charge in [0.15, 0.2) is 0 Å². The van der Waals surface area contributed by atoms with Gasteiger partial charge in [0.2, 0.25) is 0 Å². The summed E-state index contributed by atoms with van der Waals surface area (Å²) >= 11 is 2.74. The van der Waals surface area contributed by atoms with Crippen LogP contribution < -0.4 is 0 Å². The molecule has 0 amide bonds. The highest BCUT2D eigenvalue weighted by Gasteiger charge is 2.33. The van der Waals surface area contributed by atoms with Gasteiger partial charge in [-0.1, -0.05) is 28.1 Å². The van der Waals surface area contributed by atoms with E-state index in [1.165, 1.54) is 31.4 Å². The Labute approximate surface area is 104 Å². The van der Waals surface area contributed by atoms with Crippen molar-refractivity contribution in [2.75, 3.05) is 7.11 Å². The van der Waals surface area contributed by atoms with Gasteiger partial charge >= 0.3 is 12.3 Å². The SMILES string of the molecule is COC(=O)c1ccc(C(Br)OC(F)(F)F)cc1. The molecule has 0 fully saturated rings. The molecule has 1 unspecified atom stereocenters. The van der Waals surface area contributed by atoms with E-state index < -0.39 is 17.3 Å². The largest absolute Gasteiger partial charge is 0.523 e. The lowest BCUT2D eigenvalue weighted by atomic mass is 10.1. The molecule has 0 radical (unpaired) electrons. The zero-order chi connectivity index (χ0) is 13.1. The molecule has 1 aromatic carbocycles. The first-order chi connectivity index (χ1) is 7.83. The number of carbonyl (C=O) groups excluding carboxylic acids is 1. The minimum Gasteiger partial charge on any atom is -0.465 e. The average Bonchev–Trinajstić information content (AvgIpc) is 2.26. The number of hydrogen-bond acceptors (Lipinski definition) is 3. The van der Waals surface area contributed by atoms with E-state index in [4.69, 9.17) is 0 Å². The molecule has 7 heteroatoms. The number of esters is 1. The molecule has 0 bridgehead atoms. The number of halogens is 4. The van der Waals surface area contributed by atoms with Gasteiger partial charge in [0, 0.05) is 0 Å². The first-order valence-electron chi connectivity index (χ1n) is 4.40. The van der Waals surface area contributed by atoms with Crippen molar-refractivity contribution in [1.29, 1.82) is 0 Å². The molecule has 0 N–H and O–H groups in total. The van der Waals surface area contributed by atoms with E-state index in [2.05, 4.69) is 25.4 Å². The van der Waals surface area contributed by atoms with Crippen LogP contribution in [-0.4, -0.2) is 19.4 Å². The van der Waals surface area contributed by atoms with Crippen molar-refractivity contribution in [3.8, 4) is 0 Å². The molecule has 0 saturated carbocycles. The van der Waals surface area contributed by atoms with Gasteiger partial charge in [0.1, 0.15) is 5.01 Å². The summed E-state index contributed by atoms with van der Waals surface area (Å²) in [5.74, 6) is -0.556. The number of rotatable bonds is 3. The first kappa shape index (κ1) is 14.0. The Balaban J connectivity index is 2.77. The van der Waals surface area contributed by atoms with Crippen LogP contribution in [0.25, 0.3) is 0 Å². The molecule has 0 aliphatic rings. The van der Waals surface area contributed by atoms with E-state index in [9.17, 15) is 18.0 Å². The zero-order valence-electron chi connectivity index (χ0n) is 8.62. The molecule has 0 spiro atoms. The fraction of sp³-hybridized carbons (Fsp3) is 0.300. The van der Waals surface area contributed by atoms with E-state index in [1.807, 2.05) is 0 Å². The second kappa shape index (κ2) is 5.50. The van der Waals surface area contributed by atoms with E-state index in [0.29, 0.717) is 0 Å². The second-order valence-electron chi connectivity index (χ2n) is 2.99. The minimum atomic E-state index is -4.73. The van der Waals surface area contributed by atoms with Gasteiger partial charge in [-0.3, -0.25) is 4.74 Å². The lowest BCUT2D eigenvalue weighted by molar-refractivity contribution is -0.330. The molecule has 0 aliphatic heterocycles. The third kappa shape index (κ3) is 4.35. The van der Waals surface area contributed by atoms with Crippen molar-refractivity contribution in [2.45, 2.75) is 11.4 Å². The number of alkyl halides is 4. The molecule has 1 atom stereocenters. The third-order valence-corrected chi connectivity index (χ3v) is 2.55. The van der Waals surface area contributed by atoms with E-state index in [0.717, 1.165) is 0 Å². The fourth-order valence-electron chi connectivity index (χ4n) is 1.07. The highest BCUT2D eigenvalue weighted by atomic mass is 79.9. The minimum absolute atomic E-state index is 0.245. The summed E-state index contributed by atoms with van der Waals surface area (Å²) < 4.78 is 44.0. The van der Waals surface area contributed by atoms with Crippen LogP contribution in [0.3, 0.4) is 0 Å². The summed E-state index contributed by atoms with van der Waals surface area (Å²) in [6.45, 7) is 0. The molecule has 0 aliphatic carbocycles. The Morgan fingerprint density at radius 2 is 1.82 bits per heavy atom. The Morgan fingerprint density at radius 3 is 2.24 bits per heavy atom. The average molecular weight is 313 g/mol.